The SMILES string of the molecule is CNc1nc2ccccc2cc1COCCC1CCC1. The first-order valence-corrected chi connectivity index (χ1v) is 7.51. The number of nitrogens with zero attached hydrogens (tertiary/aromatic N) is 1. The molecule has 0 saturated heterocycles. The predicted octanol–water partition coefficient (Wildman–Crippen LogP) is 3.98. The lowest BCUT2D eigenvalue weighted by molar-refractivity contribution is 0.0952. The molecule has 0 amide bonds. The smallest absolute Gasteiger partial charge is 0.131 e. The fourth-order valence-corrected chi connectivity index (χ4v) is 2.70. The molecule has 1 aromatic heterocycles. The zero-order valence-electron chi connectivity index (χ0n) is 12.1. The van der Waals surface area contributed by atoms with Crippen molar-refractivity contribution in [2.24, 2.45) is 5.92 Å². The number of anilines is 1. The van der Waals surface area contributed by atoms with Gasteiger partial charge >= 0.3 is 0 Å². The fourth-order valence-electron chi connectivity index (χ4n) is 2.70. The van der Waals surface area contributed by atoms with Crippen LogP contribution in [0.2, 0.25) is 0 Å². The molecule has 0 aliphatic heterocycles. The molecular formula is C17H22N2O. The zero-order valence-corrected chi connectivity index (χ0v) is 12.1. The number of ether oxygens (including phenoxy) is 1. The van der Waals surface area contributed by atoms with Gasteiger partial charge in [0.15, 0.2) is 0 Å². The number of benzene rings is 1. The number of para-hydroxylation sites is 1. The van der Waals surface area contributed by atoms with Gasteiger partial charge in [0, 0.05) is 24.6 Å². The van der Waals surface area contributed by atoms with Crippen LogP contribution in [-0.2, 0) is 11.3 Å². The summed E-state index contributed by atoms with van der Waals surface area (Å²) in [4.78, 5) is 4.64. The van der Waals surface area contributed by atoms with E-state index in [9.17, 15) is 0 Å². The van der Waals surface area contributed by atoms with Crippen molar-refractivity contribution in [1.29, 1.82) is 0 Å². The first-order chi connectivity index (χ1) is 9.86. The molecule has 1 N–H and O–H groups in total. The van der Waals surface area contributed by atoms with Crippen molar-refractivity contribution in [2.45, 2.75) is 32.3 Å². The van der Waals surface area contributed by atoms with Gasteiger partial charge in [-0.25, -0.2) is 4.98 Å². The van der Waals surface area contributed by atoms with E-state index in [0.29, 0.717) is 6.61 Å². The summed E-state index contributed by atoms with van der Waals surface area (Å²) in [5.74, 6) is 1.83. The van der Waals surface area contributed by atoms with Crippen LogP contribution in [0.15, 0.2) is 30.3 Å². The minimum absolute atomic E-state index is 0.640. The lowest BCUT2D eigenvalue weighted by Gasteiger charge is -2.24. The zero-order chi connectivity index (χ0) is 13.8. The molecule has 1 aromatic carbocycles. The highest BCUT2D eigenvalue weighted by Crippen LogP contribution is 2.29. The van der Waals surface area contributed by atoms with Gasteiger partial charge in [0.25, 0.3) is 0 Å². The van der Waals surface area contributed by atoms with E-state index in [4.69, 9.17) is 4.74 Å². The van der Waals surface area contributed by atoms with E-state index < -0.39 is 0 Å². The van der Waals surface area contributed by atoms with Crippen molar-refractivity contribution in [1.82, 2.24) is 4.98 Å². The van der Waals surface area contributed by atoms with Gasteiger partial charge in [0.1, 0.15) is 5.82 Å². The number of fused-ring (bicyclic) bond motifs is 1. The molecule has 0 atom stereocenters. The lowest BCUT2D eigenvalue weighted by atomic mass is 9.83. The molecule has 20 heavy (non-hydrogen) atoms. The second-order valence-corrected chi connectivity index (χ2v) is 5.58. The molecule has 0 bridgehead atoms. The van der Waals surface area contributed by atoms with Crippen molar-refractivity contribution in [3.05, 3.63) is 35.9 Å². The summed E-state index contributed by atoms with van der Waals surface area (Å²) >= 11 is 0. The summed E-state index contributed by atoms with van der Waals surface area (Å²) in [6.45, 7) is 1.50. The average Bonchev–Trinajstić information content (AvgIpc) is 2.44. The van der Waals surface area contributed by atoms with E-state index in [1.807, 2.05) is 25.2 Å². The van der Waals surface area contributed by atoms with Crippen LogP contribution in [-0.4, -0.2) is 18.6 Å². The Labute approximate surface area is 120 Å². The van der Waals surface area contributed by atoms with Crippen LogP contribution < -0.4 is 5.32 Å². The Kier molecular flexibility index (Phi) is 4.16. The molecule has 3 rings (SSSR count). The average molecular weight is 270 g/mol. The minimum atomic E-state index is 0.640. The lowest BCUT2D eigenvalue weighted by Crippen LogP contribution is -2.13. The number of hydrogen-bond donors (Lipinski definition) is 1. The highest BCUT2D eigenvalue weighted by Gasteiger charge is 2.16. The van der Waals surface area contributed by atoms with Gasteiger partial charge in [0.05, 0.1) is 12.1 Å². The van der Waals surface area contributed by atoms with Crippen LogP contribution in [0.1, 0.15) is 31.2 Å². The Balaban J connectivity index is 1.65. The maximum absolute atomic E-state index is 5.84. The molecule has 1 heterocycles. The summed E-state index contributed by atoms with van der Waals surface area (Å²) in [6.07, 6.45) is 5.39. The molecule has 1 saturated carbocycles. The third-order valence-electron chi connectivity index (χ3n) is 4.19. The van der Waals surface area contributed by atoms with Crippen molar-refractivity contribution in [3.8, 4) is 0 Å². The Morgan fingerprint density at radius 3 is 2.90 bits per heavy atom. The van der Waals surface area contributed by atoms with Gasteiger partial charge in [-0.1, -0.05) is 37.5 Å². The van der Waals surface area contributed by atoms with Gasteiger partial charge in [0.2, 0.25) is 0 Å². The Hall–Kier alpha value is -1.61. The topological polar surface area (TPSA) is 34.2 Å². The van der Waals surface area contributed by atoms with E-state index in [-0.39, 0.29) is 0 Å². The minimum Gasteiger partial charge on any atom is -0.377 e. The second kappa shape index (κ2) is 6.23. The Bertz CT molecular complexity index is 578. The Morgan fingerprint density at radius 1 is 1.30 bits per heavy atom. The molecule has 106 valence electrons. The van der Waals surface area contributed by atoms with E-state index >= 15 is 0 Å². The number of aromatic nitrogens is 1. The number of rotatable bonds is 6. The first kappa shape index (κ1) is 13.4. The van der Waals surface area contributed by atoms with Crippen molar-refractivity contribution < 1.29 is 4.74 Å². The second-order valence-electron chi connectivity index (χ2n) is 5.58. The van der Waals surface area contributed by atoms with Crippen LogP contribution >= 0.6 is 0 Å². The van der Waals surface area contributed by atoms with Crippen molar-refractivity contribution >= 4 is 16.7 Å². The van der Waals surface area contributed by atoms with Crippen LogP contribution in [0.5, 0.6) is 0 Å². The van der Waals surface area contributed by atoms with Crippen molar-refractivity contribution in [3.63, 3.8) is 0 Å². The highest BCUT2D eigenvalue weighted by molar-refractivity contribution is 5.81. The fraction of sp³-hybridized carbons (Fsp3) is 0.471. The van der Waals surface area contributed by atoms with Gasteiger partial charge in [-0.3, -0.25) is 0 Å². The van der Waals surface area contributed by atoms with E-state index in [1.54, 1.807) is 0 Å². The van der Waals surface area contributed by atoms with Gasteiger partial charge in [-0.2, -0.15) is 0 Å². The normalized spacial score (nSPS) is 15.2. The molecule has 1 aliphatic rings. The maximum atomic E-state index is 5.84. The van der Waals surface area contributed by atoms with E-state index in [2.05, 4.69) is 22.4 Å². The monoisotopic (exact) mass is 270 g/mol. The van der Waals surface area contributed by atoms with Crippen LogP contribution in [0.4, 0.5) is 5.82 Å². The summed E-state index contributed by atoms with van der Waals surface area (Å²) in [5, 5.41) is 4.34. The third-order valence-corrected chi connectivity index (χ3v) is 4.19. The summed E-state index contributed by atoms with van der Waals surface area (Å²) in [6, 6.07) is 10.4. The molecule has 1 fully saturated rings. The Morgan fingerprint density at radius 2 is 2.15 bits per heavy atom. The summed E-state index contributed by atoms with van der Waals surface area (Å²) in [7, 11) is 1.91. The predicted molar refractivity (Wildman–Crippen MR) is 82.9 cm³/mol. The first-order valence-electron chi connectivity index (χ1n) is 7.51. The van der Waals surface area contributed by atoms with Crippen LogP contribution in [0.25, 0.3) is 10.9 Å². The van der Waals surface area contributed by atoms with E-state index in [1.165, 1.54) is 31.1 Å². The van der Waals surface area contributed by atoms with Crippen LogP contribution in [0, 0.1) is 5.92 Å². The molecule has 2 aromatic rings. The van der Waals surface area contributed by atoms with Crippen LogP contribution in [0.3, 0.4) is 0 Å². The third kappa shape index (κ3) is 2.93. The number of pyridine rings is 1. The number of nitrogens with one attached hydrogen (secondary N) is 1. The summed E-state index contributed by atoms with van der Waals surface area (Å²) < 4.78 is 5.84. The van der Waals surface area contributed by atoms with E-state index in [0.717, 1.165) is 29.4 Å². The molecule has 3 heteroatoms. The standard InChI is InChI=1S/C17H22N2O/c1-18-17-15(12-20-10-9-13-5-4-6-13)11-14-7-2-3-8-16(14)19-17/h2-3,7-8,11,13H,4-6,9-10,12H2,1H3,(H,18,19). The summed E-state index contributed by atoms with van der Waals surface area (Å²) in [5.41, 5.74) is 2.16. The highest BCUT2D eigenvalue weighted by atomic mass is 16.5. The molecule has 1 aliphatic carbocycles. The number of hydrogen-bond acceptors (Lipinski definition) is 3. The molecule has 3 nitrogen and oxygen atoms in total. The largest absolute Gasteiger partial charge is 0.377 e. The molecule has 0 spiro atoms. The van der Waals surface area contributed by atoms with Gasteiger partial charge in [-0.15, -0.1) is 0 Å². The molecule has 0 unspecified atom stereocenters. The quantitative estimate of drug-likeness (QED) is 0.806. The van der Waals surface area contributed by atoms with Crippen molar-refractivity contribution in [2.75, 3.05) is 19.0 Å². The maximum Gasteiger partial charge on any atom is 0.131 e. The van der Waals surface area contributed by atoms with Gasteiger partial charge in [-0.05, 0) is 24.5 Å². The molecular weight excluding hydrogens is 248 g/mol. The molecule has 0 radical (unpaired) electrons. The van der Waals surface area contributed by atoms with Gasteiger partial charge < -0.3 is 10.1 Å².